The van der Waals surface area contributed by atoms with Crippen molar-refractivity contribution in [3.8, 4) is 11.5 Å². The molecule has 5 atom stereocenters. The number of aliphatic hydroxyl groups is 4. The summed E-state index contributed by atoms with van der Waals surface area (Å²) in [4.78, 5) is -0.477. The largest absolute Gasteiger partial charge is 0.507 e. The highest BCUT2D eigenvalue weighted by Gasteiger charge is 2.44. The molecular weight excluding hydrogens is 384 g/mol. The maximum Gasteiger partial charge on any atom is 0.294 e. The molecule has 2 aromatic rings. The number of phenols is 1. The Hall–Kier alpha value is -1.99. The van der Waals surface area contributed by atoms with E-state index in [1.54, 1.807) is 0 Å². The summed E-state index contributed by atoms with van der Waals surface area (Å²) in [6.45, 7) is -0.609. The molecule has 0 spiro atoms. The van der Waals surface area contributed by atoms with Crippen LogP contribution in [-0.2, 0) is 14.9 Å². The second-order valence-corrected chi connectivity index (χ2v) is 7.54. The molecule has 6 N–H and O–H groups in total. The number of benzene rings is 2. The van der Waals surface area contributed by atoms with E-state index in [0.29, 0.717) is 5.39 Å². The minimum atomic E-state index is -4.50. The standard InChI is InChI=1S/C16H18O10S/c17-6-12-13(19)14(20)15(21)16(26-12)25-8-2-1-7-3-9(27(22,23)24)5-11(18)10(7)4-8/h1-5,12-21H,6H2,(H,22,23,24)/t12-,13-,14+,15-,16+/m1/s1. The SMILES string of the molecule is O=S(=O)(O)c1cc(O)c2cc(O[C@H]3O[C@H](CO)[C@@H](O)[C@H](O)[C@H]3O)ccc2c1. The average molecular weight is 402 g/mol. The van der Waals surface area contributed by atoms with Gasteiger partial charge in [0, 0.05) is 11.5 Å². The zero-order chi connectivity index (χ0) is 19.9. The molecule has 0 saturated carbocycles. The molecule has 1 aliphatic rings. The molecule has 1 fully saturated rings. The summed E-state index contributed by atoms with van der Waals surface area (Å²) in [7, 11) is -4.50. The van der Waals surface area contributed by atoms with Crippen molar-refractivity contribution in [1.82, 2.24) is 0 Å². The molecule has 1 saturated heterocycles. The molecule has 0 radical (unpaired) electrons. The normalized spacial score (nSPS) is 29.0. The van der Waals surface area contributed by atoms with Crippen LogP contribution in [0.3, 0.4) is 0 Å². The van der Waals surface area contributed by atoms with Crippen LogP contribution in [-0.4, -0.2) is 75.8 Å². The predicted molar refractivity (Wildman–Crippen MR) is 89.8 cm³/mol. The van der Waals surface area contributed by atoms with Gasteiger partial charge in [0.15, 0.2) is 0 Å². The first kappa shape index (κ1) is 19.8. The minimum absolute atomic E-state index is 0.0988. The Balaban J connectivity index is 1.90. The lowest BCUT2D eigenvalue weighted by atomic mass is 9.99. The van der Waals surface area contributed by atoms with Crippen molar-refractivity contribution in [3.63, 3.8) is 0 Å². The lowest BCUT2D eigenvalue weighted by Gasteiger charge is -2.39. The third kappa shape index (κ3) is 3.84. The lowest BCUT2D eigenvalue weighted by Crippen LogP contribution is -2.60. The van der Waals surface area contributed by atoms with Crippen LogP contribution in [0.25, 0.3) is 10.8 Å². The number of hydrogen-bond acceptors (Lipinski definition) is 9. The molecular formula is C16H18O10S. The number of rotatable bonds is 4. The molecule has 2 aromatic carbocycles. The first-order valence-electron chi connectivity index (χ1n) is 7.83. The zero-order valence-electron chi connectivity index (χ0n) is 13.7. The lowest BCUT2D eigenvalue weighted by molar-refractivity contribution is -0.277. The average Bonchev–Trinajstić information content (AvgIpc) is 2.61. The molecule has 3 rings (SSSR count). The van der Waals surface area contributed by atoms with Crippen LogP contribution in [0.1, 0.15) is 0 Å². The third-order valence-electron chi connectivity index (χ3n) is 4.28. The van der Waals surface area contributed by atoms with Crippen LogP contribution >= 0.6 is 0 Å². The summed E-state index contributed by atoms with van der Waals surface area (Å²) in [5.41, 5.74) is 0. The molecule has 27 heavy (non-hydrogen) atoms. The summed E-state index contributed by atoms with van der Waals surface area (Å²) < 4.78 is 42.2. The Kier molecular flexibility index (Phi) is 5.27. The molecule has 10 nitrogen and oxygen atoms in total. The first-order valence-corrected chi connectivity index (χ1v) is 9.27. The van der Waals surface area contributed by atoms with Gasteiger partial charge in [-0.25, -0.2) is 0 Å². The molecule has 11 heteroatoms. The van der Waals surface area contributed by atoms with Crippen molar-refractivity contribution >= 4 is 20.9 Å². The van der Waals surface area contributed by atoms with E-state index >= 15 is 0 Å². The number of aromatic hydroxyl groups is 1. The molecule has 0 aromatic heterocycles. The van der Waals surface area contributed by atoms with Gasteiger partial charge in [0.25, 0.3) is 10.1 Å². The van der Waals surface area contributed by atoms with Crippen LogP contribution in [0.5, 0.6) is 11.5 Å². The number of aliphatic hydroxyl groups excluding tert-OH is 4. The molecule has 1 heterocycles. The van der Waals surface area contributed by atoms with E-state index in [-0.39, 0.29) is 11.1 Å². The molecule has 1 aliphatic heterocycles. The fraction of sp³-hybridized carbons (Fsp3) is 0.375. The van der Waals surface area contributed by atoms with Gasteiger partial charge in [-0.2, -0.15) is 8.42 Å². The summed E-state index contributed by atoms with van der Waals surface area (Å²) >= 11 is 0. The minimum Gasteiger partial charge on any atom is -0.507 e. The van der Waals surface area contributed by atoms with Gasteiger partial charge in [-0.3, -0.25) is 4.55 Å². The molecule has 0 amide bonds. The van der Waals surface area contributed by atoms with Crippen LogP contribution in [0.4, 0.5) is 0 Å². The third-order valence-corrected chi connectivity index (χ3v) is 5.11. The number of ether oxygens (including phenoxy) is 2. The monoisotopic (exact) mass is 402 g/mol. The van der Waals surface area contributed by atoms with Crippen molar-refractivity contribution < 1.29 is 48.0 Å². The van der Waals surface area contributed by atoms with Gasteiger partial charge in [-0.1, -0.05) is 6.07 Å². The second-order valence-electron chi connectivity index (χ2n) is 6.12. The van der Waals surface area contributed by atoms with Crippen LogP contribution in [0.2, 0.25) is 0 Å². The van der Waals surface area contributed by atoms with Crippen molar-refractivity contribution in [3.05, 3.63) is 30.3 Å². The van der Waals surface area contributed by atoms with E-state index in [9.17, 15) is 34.0 Å². The molecule has 0 aliphatic carbocycles. The number of fused-ring (bicyclic) bond motifs is 1. The van der Waals surface area contributed by atoms with Gasteiger partial charge in [0.2, 0.25) is 6.29 Å². The van der Waals surface area contributed by atoms with Crippen LogP contribution < -0.4 is 4.74 Å². The quantitative estimate of drug-likeness (QED) is 0.347. The van der Waals surface area contributed by atoms with E-state index in [4.69, 9.17) is 14.0 Å². The van der Waals surface area contributed by atoms with E-state index in [1.807, 2.05) is 0 Å². The van der Waals surface area contributed by atoms with Crippen molar-refractivity contribution in [2.24, 2.45) is 0 Å². The van der Waals surface area contributed by atoms with Crippen LogP contribution in [0, 0.1) is 0 Å². The molecule has 0 unspecified atom stereocenters. The smallest absolute Gasteiger partial charge is 0.294 e. The molecule has 148 valence electrons. The van der Waals surface area contributed by atoms with E-state index in [0.717, 1.165) is 12.1 Å². The van der Waals surface area contributed by atoms with Gasteiger partial charge >= 0.3 is 0 Å². The zero-order valence-corrected chi connectivity index (χ0v) is 14.5. The second kappa shape index (κ2) is 7.20. The van der Waals surface area contributed by atoms with Gasteiger partial charge in [0.1, 0.15) is 35.9 Å². The van der Waals surface area contributed by atoms with E-state index < -0.39 is 58.1 Å². The Morgan fingerprint density at radius 3 is 2.37 bits per heavy atom. The summed E-state index contributed by atoms with van der Waals surface area (Å²) in [6.07, 6.45) is -7.28. The Morgan fingerprint density at radius 2 is 1.74 bits per heavy atom. The van der Waals surface area contributed by atoms with Crippen molar-refractivity contribution in [1.29, 1.82) is 0 Å². The fourth-order valence-corrected chi connectivity index (χ4v) is 3.35. The van der Waals surface area contributed by atoms with Crippen molar-refractivity contribution in [2.75, 3.05) is 6.61 Å². The topological polar surface area (TPSA) is 174 Å². The van der Waals surface area contributed by atoms with Gasteiger partial charge in [-0.15, -0.1) is 0 Å². The fourth-order valence-electron chi connectivity index (χ4n) is 2.81. The number of hydrogen-bond donors (Lipinski definition) is 6. The van der Waals surface area contributed by atoms with E-state index in [2.05, 4.69) is 0 Å². The van der Waals surface area contributed by atoms with Crippen molar-refractivity contribution in [2.45, 2.75) is 35.6 Å². The van der Waals surface area contributed by atoms with Gasteiger partial charge in [0.05, 0.1) is 11.5 Å². The maximum atomic E-state index is 11.2. The summed E-state index contributed by atoms with van der Waals surface area (Å²) in [5, 5.41) is 49.2. The van der Waals surface area contributed by atoms with Gasteiger partial charge < -0.3 is 35.0 Å². The highest BCUT2D eigenvalue weighted by molar-refractivity contribution is 7.85. The number of phenolic OH excluding ortho intramolecular Hbond substituents is 1. The summed E-state index contributed by atoms with van der Waals surface area (Å²) in [5.74, 6) is -0.332. The Bertz CT molecular complexity index is 942. The Labute approximate surface area is 153 Å². The highest BCUT2D eigenvalue weighted by atomic mass is 32.2. The maximum absolute atomic E-state index is 11.2. The van der Waals surface area contributed by atoms with Crippen LogP contribution in [0.15, 0.2) is 35.2 Å². The predicted octanol–water partition coefficient (Wildman–Crippen LogP) is -1.03. The van der Waals surface area contributed by atoms with E-state index in [1.165, 1.54) is 18.2 Å². The summed E-state index contributed by atoms with van der Waals surface area (Å²) in [6, 6.07) is 6.15. The first-order chi connectivity index (χ1) is 12.6. The highest BCUT2D eigenvalue weighted by Crippen LogP contribution is 2.33. The Morgan fingerprint density at radius 1 is 1.04 bits per heavy atom. The molecule has 0 bridgehead atoms. The van der Waals surface area contributed by atoms with Gasteiger partial charge in [-0.05, 0) is 23.6 Å².